The summed E-state index contributed by atoms with van der Waals surface area (Å²) in [6, 6.07) is 5.94. The fraction of sp³-hybridized carbons (Fsp3) is 0.214. The van der Waals surface area contributed by atoms with Crippen LogP contribution >= 0.6 is 15.9 Å². The van der Waals surface area contributed by atoms with E-state index in [1.807, 2.05) is 36.6 Å². The smallest absolute Gasteiger partial charge is 0.354 e. The first-order valence-corrected chi connectivity index (χ1v) is 7.23. The molecule has 2 N–H and O–H groups in total. The molecule has 0 bridgehead atoms. The van der Waals surface area contributed by atoms with Gasteiger partial charge in [0.1, 0.15) is 5.69 Å². The van der Waals surface area contributed by atoms with E-state index in [2.05, 4.69) is 30.9 Å². The van der Waals surface area contributed by atoms with Crippen molar-refractivity contribution in [3.63, 3.8) is 0 Å². The molecule has 0 amide bonds. The van der Waals surface area contributed by atoms with Gasteiger partial charge in [0.2, 0.25) is 0 Å². The Morgan fingerprint density at radius 3 is 2.86 bits per heavy atom. The maximum atomic E-state index is 11.3. The average Bonchev–Trinajstić information content (AvgIpc) is 3.01. The minimum Gasteiger partial charge on any atom is -0.477 e. The lowest BCUT2D eigenvalue weighted by Gasteiger charge is -2.12. The lowest BCUT2D eigenvalue weighted by molar-refractivity contribution is 0.0692. The Morgan fingerprint density at radius 1 is 1.43 bits per heavy atom. The summed E-state index contributed by atoms with van der Waals surface area (Å²) in [5, 5.41) is 9.25. The number of halogens is 1. The molecular formula is C14H13BrN4O2. The molecule has 0 saturated carbocycles. The number of aromatic nitrogens is 4. The lowest BCUT2D eigenvalue weighted by atomic mass is 10.2. The van der Waals surface area contributed by atoms with E-state index in [4.69, 9.17) is 0 Å². The van der Waals surface area contributed by atoms with Gasteiger partial charge in [0.25, 0.3) is 0 Å². The summed E-state index contributed by atoms with van der Waals surface area (Å²) >= 11 is 3.42. The number of aromatic carboxylic acids is 1. The van der Waals surface area contributed by atoms with Crippen molar-refractivity contribution < 1.29 is 9.90 Å². The monoisotopic (exact) mass is 348 g/mol. The van der Waals surface area contributed by atoms with Crippen LogP contribution in [0.4, 0.5) is 0 Å². The van der Waals surface area contributed by atoms with Gasteiger partial charge in [-0.2, -0.15) is 0 Å². The number of carbonyl (C=O) groups is 1. The van der Waals surface area contributed by atoms with Crippen LogP contribution in [0.5, 0.6) is 0 Å². The molecule has 21 heavy (non-hydrogen) atoms. The van der Waals surface area contributed by atoms with Crippen molar-refractivity contribution in [1.82, 2.24) is 19.5 Å². The van der Waals surface area contributed by atoms with E-state index in [1.165, 1.54) is 6.33 Å². The summed E-state index contributed by atoms with van der Waals surface area (Å²) < 4.78 is 2.92. The van der Waals surface area contributed by atoms with Crippen LogP contribution in [0.2, 0.25) is 0 Å². The number of rotatable bonds is 3. The second kappa shape index (κ2) is 5.00. The van der Waals surface area contributed by atoms with Crippen molar-refractivity contribution >= 4 is 32.9 Å². The fourth-order valence-electron chi connectivity index (χ4n) is 2.39. The molecule has 3 rings (SSSR count). The minimum absolute atomic E-state index is 0.0475. The van der Waals surface area contributed by atoms with Crippen molar-refractivity contribution in [1.29, 1.82) is 0 Å². The van der Waals surface area contributed by atoms with E-state index < -0.39 is 5.97 Å². The number of carboxylic acid groups (broad SMARTS) is 1. The molecule has 0 saturated heterocycles. The zero-order valence-corrected chi connectivity index (χ0v) is 13.0. The third-order valence-corrected chi connectivity index (χ3v) is 3.73. The molecule has 0 fully saturated rings. The fourth-order valence-corrected chi connectivity index (χ4v) is 2.74. The van der Waals surface area contributed by atoms with Crippen LogP contribution in [0, 0.1) is 0 Å². The number of nitrogens with zero attached hydrogens (tertiary/aromatic N) is 3. The Balaban J connectivity index is 2.33. The summed E-state index contributed by atoms with van der Waals surface area (Å²) in [6.07, 6.45) is 1.37. The van der Waals surface area contributed by atoms with Crippen LogP contribution in [0.25, 0.3) is 22.6 Å². The molecule has 2 heterocycles. The number of aromatic amines is 1. The lowest BCUT2D eigenvalue weighted by Crippen LogP contribution is -2.06. The van der Waals surface area contributed by atoms with E-state index in [0.717, 1.165) is 15.5 Å². The zero-order chi connectivity index (χ0) is 15.1. The molecule has 3 aromatic rings. The van der Waals surface area contributed by atoms with Gasteiger partial charge in [-0.25, -0.2) is 14.8 Å². The van der Waals surface area contributed by atoms with Gasteiger partial charge < -0.3 is 14.7 Å². The normalized spacial score (nSPS) is 11.4. The van der Waals surface area contributed by atoms with Crippen molar-refractivity contribution in [3.05, 3.63) is 34.7 Å². The first kappa shape index (κ1) is 13.8. The van der Waals surface area contributed by atoms with Crippen LogP contribution in [0.3, 0.4) is 0 Å². The van der Waals surface area contributed by atoms with Gasteiger partial charge in [-0.15, -0.1) is 0 Å². The summed E-state index contributed by atoms with van der Waals surface area (Å²) in [7, 11) is 0. The molecule has 0 radical (unpaired) electrons. The quantitative estimate of drug-likeness (QED) is 0.758. The number of imidazole rings is 2. The molecular weight excluding hydrogens is 336 g/mol. The minimum atomic E-state index is -1.05. The van der Waals surface area contributed by atoms with E-state index in [9.17, 15) is 9.90 Å². The van der Waals surface area contributed by atoms with Crippen LogP contribution in [-0.2, 0) is 0 Å². The molecule has 0 atom stereocenters. The van der Waals surface area contributed by atoms with Gasteiger partial charge in [-0.1, -0.05) is 15.9 Å². The highest BCUT2D eigenvalue weighted by Crippen LogP contribution is 2.30. The number of benzene rings is 1. The first-order valence-electron chi connectivity index (χ1n) is 6.43. The summed E-state index contributed by atoms with van der Waals surface area (Å²) in [4.78, 5) is 22.6. The van der Waals surface area contributed by atoms with Gasteiger partial charge in [0, 0.05) is 10.5 Å². The van der Waals surface area contributed by atoms with Gasteiger partial charge in [0.05, 0.1) is 17.4 Å². The first-order chi connectivity index (χ1) is 9.99. The predicted octanol–water partition coefficient (Wildman–Crippen LogP) is 3.47. The molecule has 0 aliphatic carbocycles. The van der Waals surface area contributed by atoms with E-state index in [-0.39, 0.29) is 11.7 Å². The van der Waals surface area contributed by atoms with Gasteiger partial charge >= 0.3 is 5.97 Å². The number of fused-ring (bicyclic) bond motifs is 1. The van der Waals surface area contributed by atoms with Crippen molar-refractivity contribution in [3.8, 4) is 11.5 Å². The number of carboxylic acids is 1. The highest BCUT2D eigenvalue weighted by Gasteiger charge is 2.22. The van der Waals surface area contributed by atoms with Crippen molar-refractivity contribution in [2.24, 2.45) is 0 Å². The molecule has 2 aromatic heterocycles. The predicted molar refractivity (Wildman–Crippen MR) is 82.4 cm³/mol. The molecule has 0 aliphatic heterocycles. The van der Waals surface area contributed by atoms with Crippen molar-refractivity contribution in [2.45, 2.75) is 19.9 Å². The Kier molecular flexibility index (Phi) is 3.29. The number of hydrogen-bond donors (Lipinski definition) is 2. The largest absolute Gasteiger partial charge is 0.477 e. The third kappa shape index (κ3) is 2.23. The molecule has 1 aromatic carbocycles. The highest BCUT2D eigenvalue weighted by molar-refractivity contribution is 9.10. The highest BCUT2D eigenvalue weighted by atomic mass is 79.9. The zero-order valence-electron chi connectivity index (χ0n) is 11.5. The second-order valence-electron chi connectivity index (χ2n) is 4.96. The molecule has 108 valence electrons. The van der Waals surface area contributed by atoms with Gasteiger partial charge in [-0.3, -0.25) is 0 Å². The van der Waals surface area contributed by atoms with Crippen LogP contribution in [0.1, 0.15) is 30.4 Å². The van der Waals surface area contributed by atoms with Gasteiger partial charge in [-0.05, 0) is 32.0 Å². The Labute approximate surface area is 129 Å². The van der Waals surface area contributed by atoms with E-state index in [0.29, 0.717) is 11.5 Å². The van der Waals surface area contributed by atoms with Crippen molar-refractivity contribution in [2.75, 3.05) is 0 Å². The maximum absolute atomic E-state index is 11.3. The molecule has 0 aliphatic rings. The maximum Gasteiger partial charge on any atom is 0.354 e. The van der Waals surface area contributed by atoms with Gasteiger partial charge in [0.15, 0.2) is 11.5 Å². The molecule has 7 heteroatoms. The number of hydrogen-bond acceptors (Lipinski definition) is 3. The summed E-state index contributed by atoms with van der Waals surface area (Å²) in [5.41, 5.74) is 2.14. The van der Waals surface area contributed by atoms with Crippen LogP contribution in [-0.4, -0.2) is 30.6 Å². The summed E-state index contributed by atoms with van der Waals surface area (Å²) in [6.45, 7) is 4.06. The van der Waals surface area contributed by atoms with Crippen LogP contribution in [0.15, 0.2) is 29.0 Å². The Bertz CT molecular complexity index is 835. The molecule has 0 spiro atoms. The second-order valence-corrected chi connectivity index (χ2v) is 5.88. The number of nitrogens with one attached hydrogen (secondary N) is 1. The third-order valence-electron chi connectivity index (χ3n) is 3.23. The topological polar surface area (TPSA) is 83.8 Å². The Hall–Kier alpha value is -2.15. The molecule has 6 nitrogen and oxygen atoms in total. The Morgan fingerprint density at radius 2 is 2.19 bits per heavy atom. The molecule has 0 unspecified atom stereocenters. The number of H-pyrrole nitrogens is 1. The van der Waals surface area contributed by atoms with E-state index >= 15 is 0 Å². The summed E-state index contributed by atoms with van der Waals surface area (Å²) in [5.74, 6) is -0.497. The average molecular weight is 349 g/mol. The standard InChI is InChI=1S/C14H13BrN4O2/c1-7(2)19-10-4-3-8(15)5-9(10)18-13(19)11-12(14(20)21)17-6-16-11/h3-7H,1-2H3,(H,16,17)(H,20,21). The SMILES string of the molecule is CC(C)n1c(-c2nc[nH]c2C(=O)O)nc2cc(Br)ccc21. The van der Waals surface area contributed by atoms with Crippen LogP contribution < -0.4 is 0 Å². The van der Waals surface area contributed by atoms with E-state index in [1.54, 1.807) is 0 Å².